The zero-order valence-electron chi connectivity index (χ0n) is 13.3. The number of anilines is 1. The molecule has 0 aliphatic heterocycles. The zero-order valence-corrected chi connectivity index (χ0v) is 13.3. The Morgan fingerprint density at radius 3 is 2.79 bits per heavy atom. The maximum atomic E-state index is 12.5. The van der Waals surface area contributed by atoms with Crippen molar-refractivity contribution in [2.45, 2.75) is 19.5 Å². The number of nitriles is 1. The van der Waals surface area contributed by atoms with Gasteiger partial charge in [-0.2, -0.15) is 10.2 Å². The van der Waals surface area contributed by atoms with Crippen LogP contribution in [0.25, 0.3) is 11.2 Å². The van der Waals surface area contributed by atoms with E-state index in [1.165, 1.54) is 11.6 Å². The van der Waals surface area contributed by atoms with Gasteiger partial charge >= 0.3 is 5.69 Å². The lowest BCUT2D eigenvalue weighted by Gasteiger charge is -2.08. The minimum atomic E-state index is -0.449. The first-order chi connectivity index (χ1) is 11.5. The van der Waals surface area contributed by atoms with Crippen molar-refractivity contribution in [3.8, 4) is 6.07 Å². The molecule has 0 aliphatic rings. The van der Waals surface area contributed by atoms with Crippen LogP contribution in [0.4, 0.5) is 5.95 Å². The molecule has 0 aromatic carbocycles. The van der Waals surface area contributed by atoms with E-state index in [0.717, 1.165) is 4.57 Å². The molecule has 0 saturated heterocycles. The van der Waals surface area contributed by atoms with Gasteiger partial charge in [0.1, 0.15) is 5.76 Å². The molecule has 0 saturated carbocycles. The zero-order chi connectivity index (χ0) is 17.3. The summed E-state index contributed by atoms with van der Waals surface area (Å²) < 4.78 is 9.24. The largest absolute Gasteiger partial charge is 0.467 e. The van der Waals surface area contributed by atoms with Gasteiger partial charge in [-0.05, 0) is 12.1 Å². The number of nitrogens with zero attached hydrogens (tertiary/aromatic N) is 5. The first kappa shape index (κ1) is 15.6. The Kier molecular flexibility index (Phi) is 3.95. The molecule has 1 N–H and O–H groups in total. The number of aromatic nitrogens is 4. The molecule has 9 heteroatoms. The van der Waals surface area contributed by atoms with Crippen LogP contribution in [0.15, 0.2) is 32.4 Å². The molecule has 0 radical (unpaired) electrons. The second-order valence-corrected chi connectivity index (χ2v) is 5.31. The van der Waals surface area contributed by atoms with Gasteiger partial charge in [0.2, 0.25) is 5.95 Å². The Labute approximate surface area is 136 Å². The molecule has 9 nitrogen and oxygen atoms in total. The molecule has 3 aromatic heterocycles. The number of nitrogens with one attached hydrogen (secondary N) is 1. The third kappa shape index (κ3) is 2.48. The summed E-state index contributed by atoms with van der Waals surface area (Å²) >= 11 is 0. The van der Waals surface area contributed by atoms with Gasteiger partial charge in [-0.15, -0.1) is 0 Å². The number of furan rings is 1. The van der Waals surface area contributed by atoms with Crippen LogP contribution >= 0.6 is 0 Å². The quantitative estimate of drug-likeness (QED) is 0.732. The van der Waals surface area contributed by atoms with Crippen LogP contribution in [0.3, 0.4) is 0 Å². The molecule has 0 spiro atoms. The minimum absolute atomic E-state index is 0.215. The highest BCUT2D eigenvalue weighted by atomic mass is 16.3. The van der Waals surface area contributed by atoms with Crippen molar-refractivity contribution in [2.75, 3.05) is 5.32 Å². The maximum absolute atomic E-state index is 12.5. The van der Waals surface area contributed by atoms with Gasteiger partial charge in [-0.3, -0.25) is 13.9 Å². The number of hydrogen-bond donors (Lipinski definition) is 1. The SMILES string of the molecule is Cn1c(=O)c2c(nc(NCc3ccco3)n2CCC#N)n(C)c1=O. The van der Waals surface area contributed by atoms with Gasteiger partial charge < -0.3 is 14.3 Å². The van der Waals surface area contributed by atoms with E-state index >= 15 is 0 Å². The fourth-order valence-corrected chi connectivity index (χ4v) is 2.54. The molecule has 0 aliphatic carbocycles. The van der Waals surface area contributed by atoms with Gasteiger partial charge in [0.25, 0.3) is 5.56 Å². The van der Waals surface area contributed by atoms with Crippen LogP contribution in [0.5, 0.6) is 0 Å². The topological polar surface area (TPSA) is 111 Å². The molecule has 0 fully saturated rings. The van der Waals surface area contributed by atoms with Gasteiger partial charge in [-0.1, -0.05) is 0 Å². The lowest BCUT2D eigenvalue weighted by atomic mass is 10.4. The summed E-state index contributed by atoms with van der Waals surface area (Å²) in [5.74, 6) is 1.12. The Hall–Kier alpha value is -3.28. The predicted octanol–water partition coefficient (Wildman–Crippen LogP) is 0.552. The van der Waals surface area contributed by atoms with Gasteiger partial charge in [-0.25, -0.2) is 4.79 Å². The molecule has 0 bridgehead atoms. The Bertz CT molecular complexity index is 1030. The van der Waals surface area contributed by atoms with Gasteiger partial charge in [0.05, 0.1) is 25.3 Å². The molecular weight excluding hydrogens is 312 g/mol. The highest BCUT2D eigenvalue weighted by molar-refractivity contribution is 5.74. The second-order valence-electron chi connectivity index (χ2n) is 5.31. The van der Waals surface area contributed by atoms with Crippen molar-refractivity contribution in [1.29, 1.82) is 5.26 Å². The maximum Gasteiger partial charge on any atom is 0.332 e. The number of aryl methyl sites for hydroxylation is 2. The van der Waals surface area contributed by atoms with E-state index in [9.17, 15) is 9.59 Å². The molecule has 0 unspecified atom stereocenters. The Morgan fingerprint density at radius 1 is 1.33 bits per heavy atom. The van der Waals surface area contributed by atoms with Crippen LogP contribution in [0.2, 0.25) is 0 Å². The van der Waals surface area contributed by atoms with Crippen molar-refractivity contribution >= 4 is 17.1 Å². The highest BCUT2D eigenvalue weighted by Crippen LogP contribution is 2.17. The van der Waals surface area contributed by atoms with Gasteiger partial charge in [0.15, 0.2) is 11.2 Å². The van der Waals surface area contributed by atoms with E-state index < -0.39 is 11.2 Å². The molecule has 3 rings (SSSR count). The predicted molar refractivity (Wildman–Crippen MR) is 86.5 cm³/mol. The van der Waals surface area contributed by atoms with Crippen molar-refractivity contribution in [2.24, 2.45) is 14.1 Å². The van der Waals surface area contributed by atoms with E-state index in [1.54, 1.807) is 23.9 Å². The van der Waals surface area contributed by atoms with Crippen LogP contribution in [-0.4, -0.2) is 18.7 Å². The van der Waals surface area contributed by atoms with E-state index in [2.05, 4.69) is 16.4 Å². The lowest BCUT2D eigenvalue weighted by Crippen LogP contribution is -2.37. The third-order valence-corrected chi connectivity index (χ3v) is 3.80. The molecular formula is C15H16N6O3. The molecule has 3 heterocycles. The smallest absolute Gasteiger partial charge is 0.332 e. The fraction of sp³-hybridized carbons (Fsp3) is 0.333. The number of imidazole rings is 1. The van der Waals surface area contributed by atoms with E-state index in [4.69, 9.17) is 9.68 Å². The van der Waals surface area contributed by atoms with Crippen molar-refractivity contribution < 1.29 is 4.42 Å². The van der Waals surface area contributed by atoms with Crippen LogP contribution in [-0.2, 0) is 27.2 Å². The third-order valence-electron chi connectivity index (χ3n) is 3.80. The van der Waals surface area contributed by atoms with E-state index in [1.807, 2.05) is 6.07 Å². The summed E-state index contributed by atoms with van der Waals surface area (Å²) in [5.41, 5.74) is -0.320. The molecule has 124 valence electrons. The van der Waals surface area contributed by atoms with E-state index in [0.29, 0.717) is 24.8 Å². The highest BCUT2D eigenvalue weighted by Gasteiger charge is 2.18. The number of fused-ring (bicyclic) bond motifs is 1. The summed E-state index contributed by atoms with van der Waals surface area (Å²) in [4.78, 5) is 28.9. The Balaban J connectivity index is 2.15. The second kappa shape index (κ2) is 6.08. The Morgan fingerprint density at radius 2 is 2.12 bits per heavy atom. The summed E-state index contributed by atoms with van der Waals surface area (Å²) in [6.07, 6.45) is 1.78. The van der Waals surface area contributed by atoms with Crippen LogP contribution in [0, 0.1) is 11.3 Å². The van der Waals surface area contributed by atoms with Crippen molar-refractivity contribution in [3.63, 3.8) is 0 Å². The van der Waals surface area contributed by atoms with Crippen molar-refractivity contribution in [3.05, 3.63) is 45.0 Å². The normalized spacial score (nSPS) is 10.9. The number of hydrogen-bond acceptors (Lipinski definition) is 6. The summed E-state index contributed by atoms with van der Waals surface area (Å²) in [5, 5.41) is 12.0. The van der Waals surface area contributed by atoms with Crippen LogP contribution in [0.1, 0.15) is 12.2 Å². The van der Waals surface area contributed by atoms with Crippen molar-refractivity contribution in [1.82, 2.24) is 18.7 Å². The van der Waals surface area contributed by atoms with E-state index in [-0.39, 0.29) is 17.6 Å². The fourth-order valence-electron chi connectivity index (χ4n) is 2.54. The number of rotatable bonds is 5. The monoisotopic (exact) mass is 328 g/mol. The summed E-state index contributed by atoms with van der Waals surface area (Å²) in [7, 11) is 2.98. The van der Waals surface area contributed by atoms with Gasteiger partial charge in [0, 0.05) is 20.6 Å². The first-order valence-electron chi connectivity index (χ1n) is 7.34. The average molecular weight is 328 g/mol. The summed E-state index contributed by atoms with van der Waals surface area (Å²) in [6.45, 7) is 0.665. The molecule has 0 atom stereocenters. The summed E-state index contributed by atoms with van der Waals surface area (Å²) in [6, 6.07) is 5.64. The molecule has 24 heavy (non-hydrogen) atoms. The van der Waals surface area contributed by atoms with Crippen LogP contribution < -0.4 is 16.6 Å². The molecule has 0 amide bonds. The minimum Gasteiger partial charge on any atom is -0.467 e. The molecule has 3 aromatic rings. The lowest BCUT2D eigenvalue weighted by molar-refractivity contribution is 0.517. The first-order valence-corrected chi connectivity index (χ1v) is 7.34. The average Bonchev–Trinajstić information content (AvgIpc) is 3.21. The standard InChI is InChI=1S/C15H16N6O3/c1-19-12-11(13(22)20(2)15(19)23)21(7-4-6-16)14(18-12)17-9-10-5-3-8-24-10/h3,5,8H,4,7,9H2,1-2H3,(H,17,18).